The first kappa shape index (κ1) is 24.3. The van der Waals surface area contributed by atoms with Crippen molar-refractivity contribution in [3.05, 3.63) is 61.0 Å². The van der Waals surface area contributed by atoms with Crippen LogP contribution in [0, 0.1) is 12.7 Å². The van der Waals surface area contributed by atoms with Gasteiger partial charge in [-0.2, -0.15) is 0 Å². The van der Waals surface area contributed by atoms with Crippen LogP contribution in [-0.2, 0) is 6.54 Å². The number of halogens is 3. The Labute approximate surface area is 217 Å². The fraction of sp³-hybridized carbons (Fsp3) is 0.435. The molecule has 2 aromatic heterocycles. The number of rotatable bonds is 5. The number of aromatic carboxylic acids is 1. The van der Waals surface area contributed by atoms with Crippen LogP contribution in [0.15, 0.2) is 30.7 Å². The van der Waals surface area contributed by atoms with Crippen molar-refractivity contribution in [2.24, 2.45) is 0 Å². The Morgan fingerprint density at radius 1 is 1.29 bits per heavy atom. The quantitative estimate of drug-likeness (QED) is 0.259. The van der Waals surface area contributed by atoms with E-state index in [-0.39, 0.29) is 32.2 Å². The Kier molecular flexibility index (Phi) is 6.20. The summed E-state index contributed by atoms with van der Waals surface area (Å²) in [6.45, 7) is 5.00. The maximum Gasteiger partial charge on any atom is 0.519 e. The third-order valence-corrected chi connectivity index (χ3v) is 8.80. The van der Waals surface area contributed by atoms with Crippen molar-refractivity contribution in [3.63, 3.8) is 0 Å². The molecule has 9 nitrogen and oxygen atoms in total. The average Bonchev–Trinajstić information content (AvgIpc) is 3.58. The number of hydrogen-bond donors (Lipinski definition) is 1. The molecular weight excluding hydrogens is 596 g/mol. The zero-order chi connectivity index (χ0) is 25.2. The molecule has 1 aromatic carbocycles. The maximum atomic E-state index is 15.5. The van der Waals surface area contributed by atoms with Crippen molar-refractivity contribution < 1.29 is 23.1 Å². The minimum absolute atomic E-state index is 0.0195. The molecule has 3 aromatic rings. The van der Waals surface area contributed by atoms with Gasteiger partial charge in [0.1, 0.15) is 17.1 Å². The molecule has 0 spiro atoms. The lowest BCUT2D eigenvalue weighted by Gasteiger charge is -2.45. The fourth-order valence-electron chi connectivity index (χ4n) is 4.65. The van der Waals surface area contributed by atoms with Gasteiger partial charge in [-0.15, -0.1) is 0 Å². The van der Waals surface area contributed by atoms with Gasteiger partial charge in [0.2, 0.25) is 5.43 Å². The van der Waals surface area contributed by atoms with Crippen LogP contribution in [0.2, 0.25) is 5.02 Å². The van der Waals surface area contributed by atoms with Crippen LogP contribution in [0.25, 0.3) is 10.9 Å². The molecule has 5 rings (SSSR count). The summed E-state index contributed by atoms with van der Waals surface area (Å²) in [4.78, 5) is 39.8. The largest absolute Gasteiger partial charge is 0.519 e. The third kappa shape index (κ3) is 4.16. The van der Waals surface area contributed by atoms with Crippen LogP contribution in [0.1, 0.15) is 47.7 Å². The number of fused-ring (bicyclic) bond motifs is 1. The van der Waals surface area contributed by atoms with Gasteiger partial charge in [-0.05, 0) is 32.8 Å². The van der Waals surface area contributed by atoms with Gasteiger partial charge in [0.25, 0.3) is 0 Å². The normalized spacial score (nSPS) is 21.1. The molecule has 0 bridgehead atoms. The number of aryl methyl sites for hydroxylation is 1. The van der Waals surface area contributed by atoms with E-state index in [4.69, 9.17) is 20.4 Å². The van der Waals surface area contributed by atoms with Gasteiger partial charge in [0.15, 0.2) is 5.76 Å². The number of carboxylic acid groups (broad SMARTS) is 1. The van der Waals surface area contributed by atoms with Crippen LogP contribution < -0.4 is 16.2 Å². The molecule has 35 heavy (non-hydrogen) atoms. The molecule has 1 aliphatic heterocycles. The fourth-order valence-corrected chi connectivity index (χ4v) is 6.06. The lowest BCUT2D eigenvalue weighted by atomic mass is 10.1. The topological polar surface area (TPSA) is 109 Å². The van der Waals surface area contributed by atoms with Crippen molar-refractivity contribution in [2.75, 3.05) is 18.0 Å². The number of aromatic nitrogens is 1. The average molecular weight is 618 g/mol. The number of carboxylic acids is 1. The van der Waals surface area contributed by atoms with E-state index >= 15 is 4.39 Å². The summed E-state index contributed by atoms with van der Waals surface area (Å²) in [5.74, 6) is -1.89. The molecule has 0 amide bonds. The highest BCUT2D eigenvalue weighted by Crippen LogP contribution is 2.43. The zero-order valence-corrected chi connectivity index (χ0v) is 21.8. The molecule has 2 aliphatic rings. The highest BCUT2D eigenvalue weighted by Gasteiger charge is 2.37. The zero-order valence-electron chi connectivity index (χ0n) is 18.9. The predicted octanol–water partition coefficient (Wildman–Crippen LogP) is 4.15. The molecule has 2 unspecified atom stereocenters. The summed E-state index contributed by atoms with van der Waals surface area (Å²) in [7, 11) is 0. The number of carbonyl (C=O) groups is 1. The van der Waals surface area contributed by atoms with Gasteiger partial charge in [-0.3, -0.25) is 9.69 Å². The van der Waals surface area contributed by atoms with E-state index < -0.39 is 28.6 Å². The molecule has 1 aliphatic carbocycles. The van der Waals surface area contributed by atoms with Crippen LogP contribution >= 0.6 is 34.2 Å². The second kappa shape index (κ2) is 8.93. The van der Waals surface area contributed by atoms with Gasteiger partial charge >= 0.3 is 11.8 Å². The molecule has 1 N–H and O–H groups in total. The third-order valence-electron chi connectivity index (χ3n) is 6.72. The van der Waals surface area contributed by atoms with Gasteiger partial charge in [-0.1, -0.05) is 34.2 Å². The lowest BCUT2D eigenvalue weighted by Crippen LogP contribution is -2.56. The summed E-state index contributed by atoms with van der Waals surface area (Å²) in [5, 5.41) is 9.54. The van der Waals surface area contributed by atoms with Crippen LogP contribution in [-0.4, -0.2) is 43.7 Å². The van der Waals surface area contributed by atoms with Crippen molar-refractivity contribution >= 4 is 56.8 Å². The Hall–Kier alpha value is -2.38. The van der Waals surface area contributed by atoms with E-state index in [2.05, 4.69) is 27.5 Å². The highest BCUT2D eigenvalue weighted by atomic mass is 127. The molecule has 2 atom stereocenters. The molecule has 3 heterocycles. The molecular formula is C23H22ClFIN3O6. The Morgan fingerprint density at radius 3 is 2.60 bits per heavy atom. The van der Waals surface area contributed by atoms with Crippen molar-refractivity contribution in [2.45, 2.75) is 49.4 Å². The van der Waals surface area contributed by atoms with Crippen LogP contribution in [0.5, 0.6) is 0 Å². The van der Waals surface area contributed by atoms with E-state index in [1.54, 1.807) is 11.5 Å². The summed E-state index contributed by atoms with van der Waals surface area (Å²) in [5.41, 5.74) is -0.608. The standard InChI is InChI=1S/C23H22ClFIN3O6/c1-10-21(26)28(6-5-27(10)9-16-11(2)34-23(33)35-16)19-15(25)7-13-18(17(19)24)29(12-3-4-12)8-14(20(13)30)22(31)32/h7-8,10,12,21H,3-6,9H2,1-2H3,(H,31,32). The summed E-state index contributed by atoms with van der Waals surface area (Å²) < 4.78 is 27.1. The monoisotopic (exact) mass is 617 g/mol. The molecule has 2 fully saturated rings. The first-order chi connectivity index (χ1) is 16.6. The number of nitrogens with zero attached hydrogens (tertiary/aromatic N) is 3. The Balaban J connectivity index is 1.55. The van der Waals surface area contributed by atoms with E-state index in [1.165, 1.54) is 6.20 Å². The van der Waals surface area contributed by atoms with Gasteiger partial charge in [0.05, 0.1) is 32.2 Å². The van der Waals surface area contributed by atoms with Gasteiger partial charge < -0.3 is 23.4 Å². The van der Waals surface area contributed by atoms with Crippen LogP contribution in [0.4, 0.5) is 10.1 Å². The van der Waals surface area contributed by atoms with Gasteiger partial charge in [0, 0.05) is 31.4 Å². The van der Waals surface area contributed by atoms with E-state index in [9.17, 15) is 19.5 Å². The van der Waals surface area contributed by atoms with E-state index in [0.717, 1.165) is 18.9 Å². The Morgan fingerprint density at radius 2 is 2.00 bits per heavy atom. The maximum absolute atomic E-state index is 15.5. The first-order valence-electron chi connectivity index (χ1n) is 11.1. The summed E-state index contributed by atoms with van der Waals surface area (Å²) in [6, 6.07) is 1.05. The summed E-state index contributed by atoms with van der Waals surface area (Å²) >= 11 is 9.03. The molecule has 1 saturated heterocycles. The number of hydrogen-bond acceptors (Lipinski definition) is 7. The second-order valence-corrected chi connectivity index (χ2v) is 10.6. The number of alkyl halides is 1. The number of anilines is 1. The molecule has 12 heteroatoms. The Bertz CT molecular complexity index is 1460. The summed E-state index contributed by atoms with van der Waals surface area (Å²) in [6.07, 6.45) is 2.98. The second-order valence-electron chi connectivity index (χ2n) is 8.94. The van der Waals surface area contributed by atoms with E-state index in [1.807, 2.05) is 11.8 Å². The van der Waals surface area contributed by atoms with Crippen LogP contribution in [0.3, 0.4) is 0 Å². The molecule has 1 saturated carbocycles. The first-order valence-corrected chi connectivity index (χ1v) is 12.7. The van der Waals surface area contributed by atoms with Crippen molar-refractivity contribution in [1.82, 2.24) is 9.47 Å². The SMILES string of the molecule is Cc1oc(=O)oc1CN1CCN(c2c(F)cc3c(=O)c(C(=O)O)cn(C4CC4)c3c2Cl)C(I)C1C. The number of pyridine rings is 1. The lowest BCUT2D eigenvalue weighted by molar-refractivity contribution is 0.0695. The van der Waals surface area contributed by atoms with E-state index in [0.29, 0.717) is 36.7 Å². The van der Waals surface area contributed by atoms with Gasteiger partial charge in [-0.25, -0.2) is 14.0 Å². The smallest absolute Gasteiger partial charge is 0.477 e. The number of piperazine rings is 1. The molecule has 186 valence electrons. The molecule has 0 radical (unpaired) electrons. The number of benzene rings is 1. The highest BCUT2D eigenvalue weighted by molar-refractivity contribution is 14.1. The predicted molar refractivity (Wildman–Crippen MR) is 135 cm³/mol. The van der Waals surface area contributed by atoms with Crippen molar-refractivity contribution in [1.29, 1.82) is 0 Å². The minimum Gasteiger partial charge on any atom is -0.477 e. The van der Waals surface area contributed by atoms with Crippen molar-refractivity contribution in [3.8, 4) is 0 Å². The minimum atomic E-state index is -1.35.